The number of benzene rings is 1. The van der Waals surface area contributed by atoms with E-state index in [4.69, 9.17) is 5.73 Å². The molecule has 4 N–H and O–H groups in total. The molecule has 0 amide bonds. The molecule has 0 fully saturated rings. The fraction of sp³-hybridized carbons (Fsp3) is 0.538. The second kappa shape index (κ2) is 6.51. The molecule has 1 unspecified atom stereocenters. The van der Waals surface area contributed by atoms with Crippen LogP contribution in [0.4, 0.5) is 5.69 Å². The van der Waals surface area contributed by atoms with Crippen LogP contribution in [0.5, 0.6) is 0 Å². The Balaban J connectivity index is 2.46. The smallest absolute Gasteiger partial charge is 0.0802 e. The molecule has 90 valence electrons. The van der Waals surface area contributed by atoms with Crippen LogP contribution in [0.1, 0.15) is 37.0 Å². The van der Waals surface area contributed by atoms with Crippen LogP contribution in [0, 0.1) is 6.92 Å². The molecular weight excluding hydrogens is 200 g/mol. The number of anilines is 1. The van der Waals surface area contributed by atoms with Gasteiger partial charge in [0.05, 0.1) is 6.10 Å². The largest absolute Gasteiger partial charge is 0.399 e. The molecule has 0 saturated heterocycles. The summed E-state index contributed by atoms with van der Waals surface area (Å²) in [5.41, 5.74) is 8.52. The molecule has 3 heteroatoms. The summed E-state index contributed by atoms with van der Waals surface area (Å²) in [6.07, 6.45) is 1.42. The fourth-order valence-electron chi connectivity index (χ4n) is 1.57. The van der Waals surface area contributed by atoms with Crippen LogP contribution in [-0.4, -0.2) is 18.2 Å². The summed E-state index contributed by atoms with van der Waals surface area (Å²) in [6.45, 7) is 5.93. The van der Waals surface area contributed by atoms with E-state index in [1.807, 2.05) is 25.1 Å². The summed E-state index contributed by atoms with van der Waals surface area (Å²) in [4.78, 5) is 0. The third-order valence-corrected chi connectivity index (χ3v) is 2.71. The van der Waals surface area contributed by atoms with Crippen LogP contribution in [0.2, 0.25) is 0 Å². The highest BCUT2D eigenvalue weighted by Crippen LogP contribution is 2.20. The normalized spacial score (nSPS) is 12.7. The Labute approximate surface area is 97.7 Å². The van der Waals surface area contributed by atoms with E-state index in [9.17, 15) is 5.11 Å². The quantitative estimate of drug-likeness (QED) is 0.509. The Bertz CT molecular complexity index is 326. The molecule has 1 aromatic rings. The van der Waals surface area contributed by atoms with Gasteiger partial charge in [0.2, 0.25) is 0 Å². The first kappa shape index (κ1) is 13.0. The zero-order chi connectivity index (χ0) is 12.0. The van der Waals surface area contributed by atoms with Crippen molar-refractivity contribution in [2.75, 3.05) is 18.8 Å². The molecule has 16 heavy (non-hydrogen) atoms. The summed E-state index contributed by atoms with van der Waals surface area (Å²) >= 11 is 0. The second-order valence-corrected chi connectivity index (χ2v) is 4.17. The number of hydrogen-bond acceptors (Lipinski definition) is 3. The molecule has 0 heterocycles. The number of nitrogens with two attached hydrogens (primary N) is 1. The fourth-order valence-corrected chi connectivity index (χ4v) is 1.57. The Hall–Kier alpha value is -1.06. The Morgan fingerprint density at radius 1 is 1.38 bits per heavy atom. The van der Waals surface area contributed by atoms with E-state index in [1.54, 1.807) is 0 Å². The summed E-state index contributed by atoms with van der Waals surface area (Å²) < 4.78 is 0. The van der Waals surface area contributed by atoms with Crippen LogP contribution in [0.15, 0.2) is 18.2 Å². The van der Waals surface area contributed by atoms with Crippen molar-refractivity contribution >= 4 is 5.69 Å². The van der Waals surface area contributed by atoms with Gasteiger partial charge in [-0.15, -0.1) is 0 Å². The van der Waals surface area contributed by atoms with Crippen molar-refractivity contribution in [3.05, 3.63) is 29.3 Å². The van der Waals surface area contributed by atoms with Crippen molar-refractivity contribution in [2.45, 2.75) is 32.8 Å². The first-order valence-corrected chi connectivity index (χ1v) is 5.90. The molecule has 0 aliphatic carbocycles. The van der Waals surface area contributed by atoms with E-state index in [0.717, 1.165) is 42.7 Å². The monoisotopic (exact) mass is 222 g/mol. The van der Waals surface area contributed by atoms with Gasteiger partial charge < -0.3 is 16.2 Å². The van der Waals surface area contributed by atoms with E-state index in [1.165, 1.54) is 0 Å². The minimum atomic E-state index is -0.424. The molecule has 0 saturated carbocycles. The first-order valence-electron chi connectivity index (χ1n) is 5.90. The first-order chi connectivity index (χ1) is 7.65. The van der Waals surface area contributed by atoms with Gasteiger partial charge in [0.25, 0.3) is 0 Å². The highest BCUT2D eigenvalue weighted by Gasteiger charge is 2.07. The van der Waals surface area contributed by atoms with E-state index in [-0.39, 0.29) is 0 Å². The lowest BCUT2D eigenvalue weighted by Crippen LogP contribution is -2.18. The standard InChI is InChI=1S/C13H22N2O/c1-3-7-15-8-6-13(16)11-5-4-10(2)12(14)9-11/h4-5,9,13,15-16H,3,6-8,14H2,1-2H3. The van der Waals surface area contributed by atoms with E-state index in [2.05, 4.69) is 12.2 Å². The number of nitrogens with one attached hydrogen (secondary N) is 1. The topological polar surface area (TPSA) is 58.3 Å². The van der Waals surface area contributed by atoms with E-state index >= 15 is 0 Å². The average Bonchev–Trinajstić information content (AvgIpc) is 2.28. The third-order valence-electron chi connectivity index (χ3n) is 2.71. The van der Waals surface area contributed by atoms with Gasteiger partial charge in [-0.2, -0.15) is 0 Å². The summed E-state index contributed by atoms with van der Waals surface area (Å²) in [5, 5.41) is 13.2. The zero-order valence-electron chi connectivity index (χ0n) is 10.2. The molecule has 3 nitrogen and oxygen atoms in total. The SMILES string of the molecule is CCCNCCC(O)c1ccc(C)c(N)c1. The lowest BCUT2D eigenvalue weighted by Gasteiger charge is -2.12. The number of rotatable bonds is 6. The maximum atomic E-state index is 9.94. The van der Waals surface area contributed by atoms with Crippen molar-refractivity contribution < 1.29 is 5.11 Å². The molecule has 0 aromatic heterocycles. The summed E-state index contributed by atoms with van der Waals surface area (Å²) in [6, 6.07) is 5.75. The molecule has 1 aromatic carbocycles. The Morgan fingerprint density at radius 3 is 2.75 bits per heavy atom. The van der Waals surface area contributed by atoms with Gasteiger partial charge in [0.1, 0.15) is 0 Å². The highest BCUT2D eigenvalue weighted by atomic mass is 16.3. The maximum absolute atomic E-state index is 9.94. The number of aliphatic hydroxyl groups excluding tert-OH is 1. The van der Waals surface area contributed by atoms with Crippen LogP contribution in [0.25, 0.3) is 0 Å². The zero-order valence-corrected chi connectivity index (χ0v) is 10.2. The maximum Gasteiger partial charge on any atom is 0.0802 e. The van der Waals surface area contributed by atoms with Crippen LogP contribution in [-0.2, 0) is 0 Å². The van der Waals surface area contributed by atoms with E-state index < -0.39 is 6.10 Å². The van der Waals surface area contributed by atoms with Crippen molar-refractivity contribution in [3.8, 4) is 0 Å². The van der Waals surface area contributed by atoms with Crippen molar-refractivity contribution in [2.24, 2.45) is 0 Å². The molecule has 0 aliphatic heterocycles. The minimum absolute atomic E-state index is 0.424. The van der Waals surface area contributed by atoms with Gasteiger partial charge in [-0.25, -0.2) is 0 Å². The molecule has 1 atom stereocenters. The van der Waals surface area contributed by atoms with Crippen molar-refractivity contribution in [1.29, 1.82) is 0 Å². The molecule has 0 spiro atoms. The van der Waals surface area contributed by atoms with Crippen LogP contribution in [0.3, 0.4) is 0 Å². The van der Waals surface area contributed by atoms with Crippen molar-refractivity contribution in [1.82, 2.24) is 5.32 Å². The van der Waals surface area contributed by atoms with Crippen molar-refractivity contribution in [3.63, 3.8) is 0 Å². The summed E-state index contributed by atoms with van der Waals surface area (Å²) in [5.74, 6) is 0. The van der Waals surface area contributed by atoms with Gasteiger partial charge in [-0.05, 0) is 50.0 Å². The molecule has 0 radical (unpaired) electrons. The van der Waals surface area contributed by atoms with Gasteiger partial charge in [-0.1, -0.05) is 19.1 Å². The molecular formula is C13H22N2O. The summed E-state index contributed by atoms with van der Waals surface area (Å²) in [7, 11) is 0. The lowest BCUT2D eigenvalue weighted by molar-refractivity contribution is 0.167. The number of aryl methyl sites for hydroxylation is 1. The van der Waals surface area contributed by atoms with Gasteiger partial charge >= 0.3 is 0 Å². The van der Waals surface area contributed by atoms with Crippen LogP contribution >= 0.6 is 0 Å². The predicted octanol–water partition coefficient (Wildman–Crippen LogP) is 2.00. The Kier molecular flexibility index (Phi) is 5.29. The van der Waals surface area contributed by atoms with Crippen LogP contribution < -0.4 is 11.1 Å². The average molecular weight is 222 g/mol. The number of nitrogen functional groups attached to an aromatic ring is 1. The predicted molar refractivity (Wildman–Crippen MR) is 68.3 cm³/mol. The second-order valence-electron chi connectivity index (χ2n) is 4.17. The minimum Gasteiger partial charge on any atom is -0.399 e. The molecule has 0 bridgehead atoms. The molecule has 0 aliphatic rings. The Morgan fingerprint density at radius 2 is 2.12 bits per heavy atom. The third kappa shape index (κ3) is 3.83. The van der Waals surface area contributed by atoms with Gasteiger partial charge in [-0.3, -0.25) is 0 Å². The van der Waals surface area contributed by atoms with Gasteiger partial charge in [0.15, 0.2) is 0 Å². The number of hydrogen-bond donors (Lipinski definition) is 3. The molecule has 1 rings (SSSR count). The lowest BCUT2D eigenvalue weighted by atomic mass is 10.0. The number of aliphatic hydroxyl groups is 1. The van der Waals surface area contributed by atoms with E-state index in [0.29, 0.717) is 0 Å². The highest BCUT2D eigenvalue weighted by molar-refractivity contribution is 5.48. The van der Waals surface area contributed by atoms with Gasteiger partial charge in [0, 0.05) is 5.69 Å².